The molecule has 0 aromatic carbocycles. The van der Waals surface area contributed by atoms with Crippen LogP contribution in [-0.4, -0.2) is 25.7 Å². The molecule has 1 heterocycles. The third-order valence-corrected chi connectivity index (χ3v) is 4.35. The van der Waals surface area contributed by atoms with E-state index in [1.807, 2.05) is 0 Å². The van der Waals surface area contributed by atoms with Gasteiger partial charge in [-0.25, -0.2) is 0 Å². The van der Waals surface area contributed by atoms with Crippen LogP contribution in [0.15, 0.2) is 0 Å². The van der Waals surface area contributed by atoms with Crippen molar-refractivity contribution in [3.63, 3.8) is 0 Å². The van der Waals surface area contributed by atoms with Gasteiger partial charge in [-0.1, -0.05) is 19.8 Å². The van der Waals surface area contributed by atoms with E-state index in [-0.39, 0.29) is 5.91 Å². The number of carbonyl (C=O) groups is 1. The highest BCUT2D eigenvalue weighted by Crippen LogP contribution is 2.44. The summed E-state index contributed by atoms with van der Waals surface area (Å²) < 4.78 is 5.29. The van der Waals surface area contributed by atoms with Gasteiger partial charge < -0.3 is 10.1 Å². The zero-order chi connectivity index (χ0) is 12.1. The second-order valence-electron chi connectivity index (χ2n) is 5.81. The van der Waals surface area contributed by atoms with Crippen molar-refractivity contribution < 1.29 is 9.53 Å². The first kappa shape index (κ1) is 12.9. The first-order valence-corrected chi connectivity index (χ1v) is 7.08. The first-order valence-electron chi connectivity index (χ1n) is 7.08. The van der Waals surface area contributed by atoms with Crippen molar-refractivity contribution in [2.45, 2.75) is 51.9 Å². The summed E-state index contributed by atoms with van der Waals surface area (Å²) in [5, 5.41) is 3.14. The zero-order valence-corrected chi connectivity index (χ0v) is 11.0. The standard InChI is InChI=1S/C14H25NO2/c1-2-5-14(6-3-7-14)11-15-13(16)9-12-4-8-17-10-12/h12H,2-11H2,1H3,(H,15,16). The van der Waals surface area contributed by atoms with Gasteiger partial charge in [0.2, 0.25) is 5.91 Å². The molecule has 2 aliphatic rings. The SMILES string of the molecule is CCCC1(CNC(=O)CC2CCOC2)CCC1. The van der Waals surface area contributed by atoms with Gasteiger partial charge >= 0.3 is 0 Å². The third-order valence-electron chi connectivity index (χ3n) is 4.35. The van der Waals surface area contributed by atoms with Crippen molar-refractivity contribution in [1.82, 2.24) is 5.32 Å². The van der Waals surface area contributed by atoms with E-state index >= 15 is 0 Å². The molecule has 0 radical (unpaired) electrons. The number of rotatable bonds is 6. The smallest absolute Gasteiger partial charge is 0.220 e. The van der Waals surface area contributed by atoms with E-state index in [2.05, 4.69) is 12.2 Å². The third kappa shape index (κ3) is 3.44. The summed E-state index contributed by atoms with van der Waals surface area (Å²) >= 11 is 0. The maximum atomic E-state index is 11.8. The first-order chi connectivity index (χ1) is 8.24. The number of carbonyl (C=O) groups excluding carboxylic acids is 1. The topological polar surface area (TPSA) is 38.3 Å². The van der Waals surface area contributed by atoms with E-state index in [0.717, 1.165) is 26.2 Å². The Morgan fingerprint density at radius 2 is 2.29 bits per heavy atom. The number of hydrogen-bond acceptors (Lipinski definition) is 2. The molecule has 1 amide bonds. The summed E-state index contributed by atoms with van der Waals surface area (Å²) in [6, 6.07) is 0. The normalized spacial score (nSPS) is 26.5. The van der Waals surface area contributed by atoms with Crippen LogP contribution >= 0.6 is 0 Å². The minimum absolute atomic E-state index is 0.225. The largest absolute Gasteiger partial charge is 0.381 e. The molecule has 0 spiro atoms. The molecule has 0 aromatic heterocycles. The highest BCUT2D eigenvalue weighted by atomic mass is 16.5. The van der Waals surface area contributed by atoms with Crippen LogP contribution in [0.4, 0.5) is 0 Å². The minimum atomic E-state index is 0.225. The molecule has 1 saturated carbocycles. The lowest BCUT2D eigenvalue weighted by Gasteiger charge is -2.42. The van der Waals surface area contributed by atoms with Gasteiger partial charge in [0.15, 0.2) is 0 Å². The maximum Gasteiger partial charge on any atom is 0.220 e. The van der Waals surface area contributed by atoms with Gasteiger partial charge in [-0.05, 0) is 37.0 Å². The predicted octanol–water partition coefficient (Wildman–Crippen LogP) is 2.50. The fraction of sp³-hybridized carbons (Fsp3) is 0.929. The van der Waals surface area contributed by atoms with Crippen molar-refractivity contribution in [3.05, 3.63) is 0 Å². The molecule has 3 nitrogen and oxygen atoms in total. The van der Waals surface area contributed by atoms with E-state index < -0.39 is 0 Å². The van der Waals surface area contributed by atoms with Crippen molar-refractivity contribution in [1.29, 1.82) is 0 Å². The van der Waals surface area contributed by atoms with E-state index in [4.69, 9.17) is 4.74 Å². The number of amides is 1. The molecule has 17 heavy (non-hydrogen) atoms. The van der Waals surface area contributed by atoms with E-state index in [9.17, 15) is 4.79 Å². The summed E-state index contributed by atoms with van der Waals surface area (Å²) in [6.45, 7) is 4.73. The highest BCUT2D eigenvalue weighted by molar-refractivity contribution is 5.76. The monoisotopic (exact) mass is 239 g/mol. The highest BCUT2D eigenvalue weighted by Gasteiger charge is 2.36. The van der Waals surface area contributed by atoms with Gasteiger partial charge in [0.25, 0.3) is 0 Å². The summed E-state index contributed by atoms with van der Waals surface area (Å²) in [7, 11) is 0. The van der Waals surface area contributed by atoms with Crippen LogP contribution < -0.4 is 5.32 Å². The van der Waals surface area contributed by atoms with Crippen LogP contribution in [0.5, 0.6) is 0 Å². The Kier molecular flexibility index (Phi) is 4.43. The zero-order valence-electron chi connectivity index (χ0n) is 11.0. The lowest BCUT2D eigenvalue weighted by molar-refractivity contribution is -0.123. The van der Waals surface area contributed by atoms with Gasteiger partial charge in [0.1, 0.15) is 0 Å². The average molecular weight is 239 g/mol. The molecule has 0 aromatic rings. The molecule has 98 valence electrons. The number of ether oxygens (including phenoxy) is 1. The van der Waals surface area contributed by atoms with Crippen LogP contribution in [0, 0.1) is 11.3 Å². The van der Waals surface area contributed by atoms with Crippen molar-refractivity contribution in [2.75, 3.05) is 19.8 Å². The Balaban J connectivity index is 1.67. The lowest BCUT2D eigenvalue weighted by atomic mass is 9.66. The Morgan fingerprint density at radius 3 is 2.82 bits per heavy atom. The molecule has 1 atom stereocenters. The van der Waals surface area contributed by atoms with Crippen LogP contribution in [0.3, 0.4) is 0 Å². The van der Waals surface area contributed by atoms with Crippen LogP contribution in [0.1, 0.15) is 51.9 Å². The summed E-state index contributed by atoms with van der Waals surface area (Å²) in [4.78, 5) is 11.8. The summed E-state index contributed by atoms with van der Waals surface area (Å²) in [5.74, 6) is 0.682. The Bertz CT molecular complexity index is 255. The fourth-order valence-electron chi connectivity index (χ4n) is 3.09. The Hall–Kier alpha value is -0.570. The molecule has 2 fully saturated rings. The van der Waals surface area contributed by atoms with E-state index in [1.54, 1.807) is 0 Å². The Morgan fingerprint density at radius 1 is 1.47 bits per heavy atom. The van der Waals surface area contributed by atoms with Gasteiger partial charge in [0.05, 0.1) is 0 Å². The molecular formula is C14H25NO2. The minimum Gasteiger partial charge on any atom is -0.381 e. The maximum absolute atomic E-state index is 11.8. The summed E-state index contributed by atoms with van der Waals surface area (Å²) in [5.41, 5.74) is 0.441. The molecule has 1 saturated heterocycles. The molecule has 1 unspecified atom stereocenters. The van der Waals surface area contributed by atoms with E-state index in [0.29, 0.717) is 17.8 Å². The molecule has 0 bridgehead atoms. The van der Waals surface area contributed by atoms with Crippen molar-refractivity contribution >= 4 is 5.91 Å². The second-order valence-corrected chi connectivity index (χ2v) is 5.81. The van der Waals surface area contributed by atoms with Crippen LogP contribution in [-0.2, 0) is 9.53 Å². The number of hydrogen-bond donors (Lipinski definition) is 1. The molecule has 1 aliphatic heterocycles. The molecule has 1 aliphatic carbocycles. The lowest BCUT2D eigenvalue weighted by Crippen LogP contribution is -2.42. The summed E-state index contributed by atoms with van der Waals surface area (Å²) in [6.07, 6.45) is 8.13. The fourth-order valence-corrected chi connectivity index (χ4v) is 3.09. The molecule has 1 N–H and O–H groups in total. The average Bonchev–Trinajstić information content (AvgIpc) is 2.74. The Labute approximate surface area is 104 Å². The van der Waals surface area contributed by atoms with Crippen LogP contribution in [0.25, 0.3) is 0 Å². The van der Waals surface area contributed by atoms with Crippen molar-refractivity contribution in [3.8, 4) is 0 Å². The van der Waals surface area contributed by atoms with Crippen molar-refractivity contribution in [2.24, 2.45) is 11.3 Å². The quantitative estimate of drug-likeness (QED) is 0.773. The van der Waals surface area contributed by atoms with Crippen LogP contribution in [0.2, 0.25) is 0 Å². The van der Waals surface area contributed by atoms with Gasteiger partial charge in [-0.15, -0.1) is 0 Å². The molecular weight excluding hydrogens is 214 g/mol. The van der Waals surface area contributed by atoms with Gasteiger partial charge in [0, 0.05) is 26.2 Å². The van der Waals surface area contributed by atoms with E-state index in [1.165, 1.54) is 32.1 Å². The molecule has 2 rings (SSSR count). The second kappa shape index (κ2) is 5.85. The molecule has 3 heteroatoms. The van der Waals surface area contributed by atoms with Gasteiger partial charge in [-0.3, -0.25) is 4.79 Å². The van der Waals surface area contributed by atoms with Gasteiger partial charge in [-0.2, -0.15) is 0 Å². The predicted molar refractivity (Wildman–Crippen MR) is 67.7 cm³/mol. The number of nitrogens with one attached hydrogen (secondary N) is 1.